The summed E-state index contributed by atoms with van der Waals surface area (Å²) in [5.41, 5.74) is 0.897. The van der Waals surface area contributed by atoms with Gasteiger partial charge in [0.2, 0.25) is 0 Å². The Hall–Kier alpha value is -3.40. The average Bonchev–Trinajstić information content (AvgIpc) is 2.78. The molecule has 0 aliphatic carbocycles. The fourth-order valence-electron chi connectivity index (χ4n) is 3.70. The first-order valence-corrected chi connectivity index (χ1v) is 10.7. The molecule has 0 aliphatic rings. The lowest BCUT2D eigenvalue weighted by Gasteiger charge is -2.15. The maximum atomic E-state index is 12.1. The van der Waals surface area contributed by atoms with Gasteiger partial charge in [0.1, 0.15) is 6.10 Å². The zero-order valence-electron chi connectivity index (χ0n) is 18.1. The molecule has 0 heterocycles. The van der Waals surface area contributed by atoms with Gasteiger partial charge in [0.05, 0.1) is 5.92 Å². The molecule has 4 heteroatoms. The van der Waals surface area contributed by atoms with Crippen LogP contribution in [-0.2, 0) is 19.1 Å². The Balaban J connectivity index is 1.53. The van der Waals surface area contributed by atoms with Crippen molar-refractivity contribution in [1.82, 2.24) is 0 Å². The summed E-state index contributed by atoms with van der Waals surface area (Å²) in [5.74, 6) is -1.15. The van der Waals surface area contributed by atoms with E-state index in [1.165, 1.54) is 21.5 Å². The molecule has 0 N–H and O–H groups in total. The summed E-state index contributed by atoms with van der Waals surface area (Å²) in [5, 5.41) is 7.02. The van der Waals surface area contributed by atoms with E-state index >= 15 is 0 Å². The number of carbonyl (C=O) groups is 2. The standard InChI is InChI=1S/C27H26O4/c1-4-17(2)27(29)30-16-26(28)31-18(3)19-9-10-22-14-24-12-20-7-5-6-8-21(20)13-25(24)15-23(22)11-19/h5-15,17-18H,4,16H2,1-3H3. The molecule has 0 spiro atoms. The Morgan fingerprint density at radius 2 is 1.32 bits per heavy atom. The van der Waals surface area contributed by atoms with Crippen LogP contribution in [0.2, 0.25) is 0 Å². The second-order valence-electron chi connectivity index (χ2n) is 8.05. The fraction of sp³-hybridized carbons (Fsp3) is 0.259. The molecule has 4 nitrogen and oxygen atoms in total. The van der Waals surface area contributed by atoms with E-state index in [4.69, 9.17) is 9.47 Å². The highest BCUT2D eigenvalue weighted by atomic mass is 16.6. The van der Waals surface area contributed by atoms with E-state index in [1.807, 2.05) is 38.1 Å². The fourth-order valence-corrected chi connectivity index (χ4v) is 3.70. The van der Waals surface area contributed by atoms with Gasteiger partial charge in [0.15, 0.2) is 6.61 Å². The molecule has 158 valence electrons. The highest BCUT2D eigenvalue weighted by Crippen LogP contribution is 2.29. The van der Waals surface area contributed by atoms with Crippen LogP contribution in [0.5, 0.6) is 0 Å². The van der Waals surface area contributed by atoms with Crippen molar-refractivity contribution in [2.75, 3.05) is 6.61 Å². The summed E-state index contributed by atoms with van der Waals surface area (Å²) in [6.07, 6.45) is 0.234. The maximum Gasteiger partial charge on any atom is 0.344 e. The van der Waals surface area contributed by atoms with Crippen LogP contribution in [0.1, 0.15) is 38.9 Å². The van der Waals surface area contributed by atoms with Crippen molar-refractivity contribution in [2.24, 2.45) is 5.92 Å². The van der Waals surface area contributed by atoms with Crippen molar-refractivity contribution in [1.29, 1.82) is 0 Å². The van der Waals surface area contributed by atoms with Crippen LogP contribution in [-0.4, -0.2) is 18.5 Å². The molecule has 4 aromatic carbocycles. The molecule has 31 heavy (non-hydrogen) atoms. The highest BCUT2D eigenvalue weighted by molar-refractivity contribution is 6.04. The number of ether oxygens (including phenoxy) is 2. The minimum absolute atomic E-state index is 0.224. The number of carbonyl (C=O) groups excluding carboxylic acids is 2. The molecule has 2 unspecified atom stereocenters. The first-order valence-electron chi connectivity index (χ1n) is 10.7. The largest absolute Gasteiger partial charge is 0.455 e. The van der Waals surface area contributed by atoms with Crippen molar-refractivity contribution in [3.8, 4) is 0 Å². The van der Waals surface area contributed by atoms with E-state index in [9.17, 15) is 9.59 Å². The summed E-state index contributed by atoms with van der Waals surface area (Å²) in [6.45, 7) is 5.14. The van der Waals surface area contributed by atoms with Crippen LogP contribution in [0.4, 0.5) is 0 Å². The van der Waals surface area contributed by atoms with E-state index < -0.39 is 12.1 Å². The highest BCUT2D eigenvalue weighted by Gasteiger charge is 2.17. The normalized spacial score (nSPS) is 13.3. The monoisotopic (exact) mass is 414 g/mol. The van der Waals surface area contributed by atoms with E-state index in [-0.39, 0.29) is 18.5 Å². The van der Waals surface area contributed by atoms with Crippen molar-refractivity contribution >= 4 is 44.3 Å². The third-order valence-electron chi connectivity index (χ3n) is 5.81. The van der Waals surface area contributed by atoms with Gasteiger partial charge in [-0.3, -0.25) is 4.79 Å². The zero-order valence-corrected chi connectivity index (χ0v) is 18.1. The van der Waals surface area contributed by atoms with Gasteiger partial charge < -0.3 is 9.47 Å². The summed E-state index contributed by atoms with van der Waals surface area (Å²) in [4.78, 5) is 23.8. The van der Waals surface area contributed by atoms with Crippen LogP contribution >= 0.6 is 0 Å². The van der Waals surface area contributed by atoms with Gasteiger partial charge in [0, 0.05) is 0 Å². The molecule has 2 atom stereocenters. The van der Waals surface area contributed by atoms with E-state index in [2.05, 4.69) is 42.5 Å². The molecule has 0 fully saturated rings. The van der Waals surface area contributed by atoms with Crippen LogP contribution in [0, 0.1) is 5.92 Å². The molecular formula is C27H26O4. The smallest absolute Gasteiger partial charge is 0.344 e. The lowest BCUT2D eigenvalue weighted by atomic mass is 9.98. The van der Waals surface area contributed by atoms with Gasteiger partial charge in [-0.05, 0) is 81.6 Å². The lowest BCUT2D eigenvalue weighted by molar-refractivity contribution is -0.164. The summed E-state index contributed by atoms with van der Waals surface area (Å²) < 4.78 is 10.5. The maximum absolute atomic E-state index is 12.1. The molecule has 0 saturated carbocycles. The van der Waals surface area contributed by atoms with Gasteiger partial charge in [-0.2, -0.15) is 0 Å². The second-order valence-corrected chi connectivity index (χ2v) is 8.05. The number of benzene rings is 4. The number of fused-ring (bicyclic) bond motifs is 3. The minimum Gasteiger partial charge on any atom is -0.455 e. The number of hydrogen-bond acceptors (Lipinski definition) is 4. The first kappa shape index (κ1) is 20.9. The lowest BCUT2D eigenvalue weighted by Crippen LogP contribution is -2.21. The van der Waals surface area contributed by atoms with Gasteiger partial charge in [-0.25, -0.2) is 4.79 Å². The van der Waals surface area contributed by atoms with Crippen LogP contribution in [0.3, 0.4) is 0 Å². The third-order valence-corrected chi connectivity index (χ3v) is 5.81. The summed E-state index contributed by atoms with van der Waals surface area (Å²) in [6, 6.07) is 23.2. The number of esters is 2. The topological polar surface area (TPSA) is 52.6 Å². The van der Waals surface area contributed by atoms with Crippen molar-refractivity contribution < 1.29 is 19.1 Å². The Kier molecular flexibility index (Phi) is 5.90. The second kappa shape index (κ2) is 8.76. The molecular weight excluding hydrogens is 388 g/mol. The van der Waals surface area contributed by atoms with Gasteiger partial charge >= 0.3 is 11.9 Å². The van der Waals surface area contributed by atoms with E-state index in [1.54, 1.807) is 6.92 Å². The molecule has 0 aliphatic heterocycles. The van der Waals surface area contributed by atoms with Crippen LogP contribution < -0.4 is 0 Å². The Labute approximate surface area is 181 Å². The van der Waals surface area contributed by atoms with E-state index in [0.29, 0.717) is 6.42 Å². The third kappa shape index (κ3) is 4.53. The Morgan fingerprint density at radius 3 is 1.94 bits per heavy atom. The summed E-state index contributed by atoms with van der Waals surface area (Å²) in [7, 11) is 0. The van der Waals surface area contributed by atoms with Crippen molar-refractivity contribution in [3.05, 3.63) is 72.3 Å². The van der Waals surface area contributed by atoms with Gasteiger partial charge in [-0.1, -0.05) is 50.2 Å². The van der Waals surface area contributed by atoms with Crippen LogP contribution in [0.15, 0.2) is 66.7 Å². The summed E-state index contributed by atoms with van der Waals surface area (Å²) >= 11 is 0. The molecule has 0 radical (unpaired) electrons. The van der Waals surface area contributed by atoms with Gasteiger partial charge in [-0.15, -0.1) is 0 Å². The molecule has 0 amide bonds. The predicted molar refractivity (Wildman–Crippen MR) is 124 cm³/mol. The van der Waals surface area contributed by atoms with Crippen molar-refractivity contribution in [2.45, 2.75) is 33.3 Å². The van der Waals surface area contributed by atoms with E-state index in [0.717, 1.165) is 16.3 Å². The minimum atomic E-state index is -0.547. The Morgan fingerprint density at radius 1 is 0.774 bits per heavy atom. The molecule has 4 aromatic rings. The Bertz CT molecular complexity index is 1270. The zero-order chi connectivity index (χ0) is 22.0. The van der Waals surface area contributed by atoms with Crippen molar-refractivity contribution in [3.63, 3.8) is 0 Å². The molecule has 0 bridgehead atoms. The first-order chi connectivity index (χ1) is 14.9. The van der Waals surface area contributed by atoms with Crippen LogP contribution in [0.25, 0.3) is 32.3 Å². The SMILES string of the molecule is CCC(C)C(=O)OCC(=O)OC(C)c1ccc2cc3cc4ccccc4cc3cc2c1. The molecule has 4 rings (SSSR count). The molecule has 0 aromatic heterocycles. The predicted octanol–water partition coefficient (Wildman–Crippen LogP) is 6.34. The van der Waals surface area contributed by atoms with Gasteiger partial charge in [0.25, 0.3) is 0 Å². The average molecular weight is 415 g/mol. The number of hydrogen-bond donors (Lipinski definition) is 0. The quantitative estimate of drug-likeness (QED) is 0.273. The molecule has 0 saturated heterocycles. The number of rotatable bonds is 6.